The molecular formula is C19H23NO3. The normalized spacial score (nSPS) is 26.7. The van der Waals surface area contributed by atoms with Gasteiger partial charge in [-0.25, -0.2) is 0 Å². The summed E-state index contributed by atoms with van der Waals surface area (Å²) in [5.74, 6) is -0.573. The van der Waals surface area contributed by atoms with Crippen molar-refractivity contribution in [1.82, 2.24) is 4.90 Å². The largest absolute Gasteiger partial charge is 0.469 e. The number of likely N-dealkylation sites (tertiary alicyclic amines) is 1. The van der Waals surface area contributed by atoms with Gasteiger partial charge in [-0.1, -0.05) is 43.3 Å². The number of amides is 1. The molecule has 1 fully saturated rings. The van der Waals surface area contributed by atoms with E-state index in [4.69, 9.17) is 4.74 Å². The van der Waals surface area contributed by atoms with Gasteiger partial charge in [-0.2, -0.15) is 0 Å². The molecule has 2 aliphatic rings. The molecular weight excluding hydrogens is 290 g/mol. The van der Waals surface area contributed by atoms with E-state index in [9.17, 15) is 9.59 Å². The summed E-state index contributed by atoms with van der Waals surface area (Å²) in [7, 11) is 1.38. The van der Waals surface area contributed by atoms with Crippen molar-refractivity contribution in [2.24, 2.45) is 11.3 Å². The maximum atomic E-state index is 13.0. The number of esters is 1. The summed E-state index contributed by atoms with van der Waals surface area (Å²) in [6.07, 6.45) is 5.34. The van der Waals surface area contributed by atoms with Crippen LogP contribution in [0.4, 0.5) is 0 Å². The maximum absolute atomic E-state index is 13.0. The predicted molar refractivity (Wildman–Crippen MR) is 87.2 cm³/mol. The van der Waals surface area contributed by atoms with Crippen LogP contribution in [0.3, 0.4) is 0 Å². The molecule has 2 atom stereocenters. The Morgan fingerprint density at radius 2 is 2.09 bits per heavy atom. The number of allylic oxidation sites excluding steroid dienone is 2. The molecule has 23 heavy (non-hydrogen) atoms. The molecule has 0 saturated carbocycles. The Balaban J connectivity index is 1.92. The Morgan fingerprint density at radius 1 is 1.35 bits per heavy atom. The second kappa shape index (κ2) is 6.19. The predicted octanol–water partition coefficient (Wildman–Crippen LogP) is 3.28. The highest BCUT2D eigenvalue weighted by molar-refractivity contribution is 5.89. The Kier molecular flexibility index (Phi) is 4.24. The summed E-state index contributed by atoms with van der Waals surface area (Å²) < 4.78 is 4.81. The van der Waals surface area contributed by atoms with Crippen LogP contribution in [0.25, 0.3) is 0 Å². The van der Waals surface area contributed by atoms with Gasteiger partial charge in [0, 0.05) is 11.1 Å². The average molecular weight is 313 g/mol. The summed E-state index contributed by atoms with van der Waals surface area (Å²) in [5, 5.41) is 0. The lowest BCUT2D eigenvalue weighted by Crippen LogP contribution is -2.30. The molecule has 1 aromatic carbocycles. The molecule has 4 nitrogen and oxygen atoms in total. The van der Waals surface area contributed by atoms with E-state index >= 15 is 0 Å². The van der Waals surface area contributed by atoms with Crippen molar-refractivity contribution in [3.05, 3.63) is 47.7 Å². The number of hydrogen-bond acceptors (Lipinski definition) is 3. The molecule has 1 aliphatic heterocycles. The zero-order chi connectivity index (χ0) is 16.4. The number of hydrogen-bond donors (Lipinski definition) is 0. The second-order valence-corrected chi connectivity index (χ2v) is 6.64. The van der Waals surface area contributed by atoms with Gasteiger partial charge < -0.3 is 9.64 Å². The van der Waals surface area contributed by atoms with Crippen molar-refractivity contribution in [1.29, 1.82) is 0 Å². The first-order valence-electron chi connectivity index (χ1n) is 8.19. The Labute approximate surface area is 137 Å². The number of nitrogens with zero attached hydrogens (tertiary/aromatic N) is 1. The SMILES string of the molecule is COC(=O)C[C@H]1C(=O)N(Cc2ccccc2)C2=CCCC[C@@]21C. The third-order valence-corrected chi connectivity index (χ3v) is 5.23. The average Bonchev–Trinajstić information content (AvgIpc) is 2.77. The molecule has 0 unspecified atom stereocenters. The van der Waals surface area contributed by atoms with Gasteiger partial charge in [0.25, 0.3) is 0 Å². The molecule has 0 spiro atoms. The fourth-order valence-corrected chi connectivity index (χ4v) is 3.91. The lowest BCUT2D eigenvalue weighted by Gasteiger charge is -2.34. The van der Waals surface area contributed by atoms with E-state index in [0.29, 0.717) is 6.54 Å². The monoisotopic (exact) mass is 313 g/mol. The van der Waals surface area contributed by atoms with Gasteiger partial charge in [-0.05, 0) is 24.8 Å². The first-order chi connectivity index (χ1) is 11.1. The number of carbonyl (C=O) groups is 2. The Bertz CT molecular complexity index is 637. The van der Waals surface area contributed by atoms with Crippen LogP contribution in [0.2, 0.25) is 0 Å². The highest BCUT2D eigenvalue weighted by atomic mass is 16.5. The number of ether oxygens (including phenoxy) is 1. The number of carbonyl (C=O) groups excluding carboxylic acids is 2. The molecule has 3 rings (SSSR count). The van der Waals surface area contributed by atoms with Gasteiger partial charge in [-0.15, -0.1) is 0 Å². The highest BCUT2D eigenvalue weighted by Crippen LogP contribution is 2.52. The van der Waals surface area contributed by atoms with E-state index in [2.05, 4.69) is 13.0 Å². The van der Waals surface area contributed by atoms with Gasteiger partial charge in [0.05, 0.1) is 26.0 Å². The molecule has 1 aliphatic carbocycles. The first kappa shape index (κ1) is 15.8. The van der Waals surface area contributed by atoms with Gasteiger partial charge in [0.2, 0.25) is 5.91 Å². The summed E-state index contributed by atoms with van der Waals surface area (Å²) >= 11 is 0. The summed E-state index contributed by atoms with van der Waals surface area (Å²) in [4.78, 5) is 26.7. The van der Waals surface area contributed by atoms with Crippen LogP contribution in [0.1, 0.15) is 38.2 Å². The van der Waals surface area contributed by atoms with Crippen molar-refractivity contribution in [2.75, 3.05) is 7.11 Å². The number of benzene rings is 1. The zero-order valence-electron chi connectivity index (χ0n) is 13.7. The summed E-state index contributed by atoms with van der Waals surface area (Å²) in [5.41, 5.74) is 1.94. The smallest absolute Gasteiger partial charge is 0.306 e. The van der Waals surface area contributed by atoms with E-state index in [-0.39, 0.29) is 29.6 Å². The third-order valence-electron chi connectivity index (χ3n) is 5.23. The molecule has 0 aromatic heterocycles. The molecule has 0 N–H and O–H groups in total. The Hall–Kier alpha value is -2.10. The van der Waals surface area contributed by atoms with Crippen molar-refractivity contribution in [3.63, 3.8) is 0 Å². The highest BCUT2D eigenvalue weighted by Gasteiger charge is 2.53. The summed E-state index contributed by atoms with van der Waals surface area (Å²) in [6, 6.07) is 10.00. The molecule has 0 bridgehead atoms. The lowest BCUT2D eigenvalue weighted by atomic mass is 9.70. The minimum atomic E-state index is -0.315. The maximum Gasteiger partial charge on any atom is 0.306 e. The topological polar surface area (TPSA) is 46.6 Å². The van der Waals surface area contributed by atoms with Crippen molar-refractivity contribution >= 4 is 11.9 Å². The Morgan fingerprint density at radius 3 is 2.78 bits per heavy atom. The number of fused-ring (bicyclic) bond motifs is 1. The molecule has 1 saturated heterocycles. The number of methoxy groups -OCH3 is 1. The van der Waals surface area contributed by atoms with Crippen molar-refractivity contribution in [3.8, 4) is 0 Å². The van der Waals surface area contributed by atoms with Gasteiger partial charge in [-0.3, -0.25) is 9.59 Å². The molecule has 122 valence electrons. The first-order valence-corrected chi connectivity index (χ1v) is 8.19. The quantitative estimate of drug-likeness (QED) is 0.801. The second-order valence-electron chi connectivity index (χ2n) is 6.64. The molecule has 1 amide bonds. The van der Waals surface area contributed by atoms with E-state index in [0.717, 1.165) is 30.5 Å². The van der Waals surface area contributed by atoms with Crippen LogP contribution in [-0.2, 0) is 20.9 Å². The fraction of sp³-hybridized carbons (Fsp3) is 0.474. The molecule has 1 aromatic rings. The molecule has 4 heteroatoms. The van der Waals surface area contributed by atoms with E-state index in [1.807, 2.05) is 35.2 Å². The third kappa shape index (κ3) is 2.78. The number of rotatable bonds is 4. The van der Waals surface area contributed by atoms with Crippen LogP contribution < -0.4 is 0 Å². The van der Waals surface area contributed by atoms with Crippen LogP contribution in [0.5, 0.6) is 0 Å². The minimum Gasteiger partial charge on any atom is -0.469 e. The molecule has 1 heterocycles. The summed E-state index contributed by atoms with van der Waals surface area (Å²) in [6.45, 7) is 2.69. The van der Waals surface area contributed by atoms with Crippen molar-refractivity contribution in [2.45, 2.75) is 39.2 Å². The van der Waals surface area contributed by atoms with Gasteiger partial charge in [0.1, 0.15) is 0 Å². The molecule has 0 radical (unpaired) electrons. The van der Waals surface area contributed by atoms with Crippen LogP contribution in [0, 0.1) is 11.3 Å². The van der Waals surface area contributed by atoms with Crippen molar-refractivity contribution < 1.29 is 14.3 Å². The van der Waals surface area contributed by atoms with Crippen LogP contribution in [0.15, 0.2) is 42.1 Å². The van der Waals surface area contributed by atoms with Gasteiger partial charge >= 0.3 is 5.97 Å². The van der Waals surface area contributed by atoms with Crippen LogP contribution in [-0.4, -0.2) is 23.9 Å². The zero-order valence-corrected chi connectivity index (χ0v) is 13.7. The standard InChI is InChI=1S/C19H23NO3/c1-19-11-7-6-10-16(19)20(13-14-8-4-3-5-9-14)18(22)15(19)12-17(21)23-2/h3-5,8-10,15H,6-7,11-13H2,1-2H3/t15-,19+/m0/s1. The van der Waals surface area contributed by atoms with Crippen LogP contribution >= 0.6 is 0 Å². The van der Waals surface area contributed by atoms with Gasteiger partial charge in [0.15, 0.2) is 0 Å². The minimum absolute atomic E-state index is 0.0508. The fourth-order valence-electron chi connectivity index (χ4n) is 3.91. The lowest BCUT2D eigenvalue weighted by molar-refractivity contribution is -0.146. The van der Waals surface area contributed by atoms with E-state index < -0.39 is 0 Å². The van der Waals surface area contributed by atoms with E-state index in [1.165, 1.54) is 7.11 Å². The van der Waals surface area contributed by atoms with E-state index in [1.54, 1.807) is 0 Å².